The monoisotopic (exact) mass is 441 g/mol. The van der Waals surface area contributed by atoms with Gasteiger partial charge in [0.1, 0.15) is 11.8 Å². The van der Waals surface area contributed by atoms with Crippen LogP contribution in [0.4, 0.5) is 5.69 Å². The lowest BCUT2D eigenvalue weighted by Gasteiger charge is -2.61. The molecule has 3 aliphatic carbocycles. The fourth-order valence-corrected chi connectivity index (χ4v) is 5.79. The van der Waals surface area contributed by atoms with Gasteiger partial charge in [-0.15, -0.1) is 0 Å². The Hall–Kier alpha value is -2.18. The quantitative estimate of drug-likeness (QED) is 0.250. The average molecular weight is 442 g/mol. The molecule has 4 unspecified atom stereocenters. The van der Waals surface area contributed by atoms with Crippen LogP contribution in [0.5, 0.6) is 5.75 Å². The summed E-state index contributed by atoms with van der Waals surface area (Å²) in [4.78, 5) is 39.1. The van der Waals surface area contributed by atoms with E-state index in [1.807, 2.05) is 12.1 Å². The number of para-hydroxylation sites is 1. The summed E-state index contributed by atoms with van der Waals surface area (Å²) in [7, 11) is 1.66. The molecule has 1 aromatic carbocycles. The third kappa shape index (κ3) is 3.67. The van der Waals surface area contributed by atoms with Crippen LogP contribution in [0.25, 0.3) is 0 Å². The molecule has 2 bridgehead atoms. The molecule has 174 valence electrons. The molecule has 32 heavy (non-hydrogen) atoms. The van der Waals surface area contributed by atoms with E-state index in [1.165, 1.54) is 11.3 Å². The zero-order valence-corrected chi connectivity index (χ0v) is 20.1. The van der Waals surface area contributed by atoms with Gasteiger partial charge in [0.05, 0.1) is 0 Å². The number of benzene rings is 1. The minimum Gasteiger partial charge on any atom is -0.385 e. The van der Waals surface area contributed by atoms with Gasteiger partial charge in [0.2, 0.25) is 0 Å². The Morgan fingerprint density at radius 1 is 1.09 bits per heavy atom. The molecule has 1 heterocycles. The summed E-state index contributed by atoms with van der Waals surface area (Å²) >= 11 is 0. The molecule has 2 amide bonds. The second-order valence-corrected chi connectivity index (χ2v) is 10.2. The van der Waals surface area contributed by atoms with Gasteiger partial charge in [-0.2, -0.15) is 4.89 Å². The van der Waals surface area contributed by atoms with E-state index in [1.54, 1.807) is 27.0 Å². The number of carbonyl (C=O) groups excluding carboxylic acids is 2. The molecule has 3 fully saturated rings. The number of hydrogen-bond acceptors (Lipinski definition) is 5. The second-order valence-electron chi connectivity index (χ2n) is 10.2. The summed E-state index contributed by atoms with van der Waals surface area (Å²) in [5, 5.41) is 0. The van der Waals surface area contributed by atoms with Gasteiger partial charge < -0.3 is 9.62 Å². The number of amides is 2. The minimum absolute atomic E-state index is 0.00310. The number of anilines is 1. The van der Waals surface area contributed by atoms with Gasteiger partial charge in [-0.25, -0.2) is 4.90 Å². The summed E-state index contributed by atoms with van der Waals surface area (Å²) in [6.45, 7) is 10.9. The first kappa shape index (κ1) is 23.0. The van der Waals surface area contributed by atoms with Crippen molar-refractivity contribution >= 4 is 17.5 Å². The number of imide groups is 1. The zero-order valence-electron chi connectivity index (χ0n) is 20.1. The Morgan fingerprint density at radius 3 is 2.38 bits per heavy atom. The van der Waals surface area contributed by atoms with Crippen LogP contribution in [0.3, 0.4) is 0 Å². The first-order chi connectivity index (χ1) is 15.2. The summed E-state index contributed by atoms with van der Waals surface area (Å²) in [5.74, 6) is 1.48. The number of carbonyl (C=O) groups is 2. The van der Waals surface area contributed by atoms with Crippen LogP contribution in [0.1, 0.15) is 59.4 Å². The molecule has 6 heteroatoms. The Labute approximate surface area is 190 Å². The first-order valence-electron chi connectivity index (χ1n) is 11.7. The number of fused-ring (bicyclic) bond motifs is 2. The predicted molar refractivity (Wildman–Crippen MR) is 122 cm³/mol. The Bertz CT molecular complexity index is 926. The molecule has 0 saturated heterocycles. The van der Waals surface area contributed by atoms with Gasteiger partial charge >= 0.3 is 0 Å². The molecule has 0 N–H and O–H groups in total. The van der Waals surface area contributed by atoms with Gasteiger partial charge in [-0.3, -0.25) is 9.59 Å². The van der Waals surface area contributed by atoms with Crippen LogP contribution in [-0.4, -0.2) is 31.6 Å². The van der Waals surface area contributed by atoms with E-state index < -0.39 is 0 Å². The molecular weight excluding hydrogens is 406 g/mol. The van der Waals surface area contributed by atoms with Crippen LogP contribution < -0.4 is 9.79 Å². The lowest BCUT2D eigenvalue weighted by atomic mass is 9.45. The summed E-state index contributed by atoms with van der Waals surface area (Å²) in [6, 6.07) is 5.59. The second kappa shape index (κ2) is 8.64. The Kier molecular flexibility index (Phi) is 6.21. The molecule has 0 radical (unpaired) electrons. The highest BCUT2D eigenvalue weighted by molar-refractivity contribution is 6.33. The topological polar surface area (TPSA) is 65.1 Å². The van der Waals surface area contributed by atoms with Crippen molar-refractivity contribution in [2.45, 2.75) is 66.4 Å². The summed E-state index contributed by atoms with van der Waals surface area (Å²) in [6.07, 6.45) is 3.66. The molecule has 1 aliphatic heterocycles. The van der Waals surface area contributed by atoms with E-state index in [-0.39, 0.29) is 17.9 Å². The lowest BCUT2D eigenvalue weighted by molar-refractivity contribution is -0.298. The molecule has 4 aliphatic rings. The maximum Gasteiger partial charge on any atom is 0.261 e. The molecule has 3 saturated carbocycles. The SMILES string of the molecule is COCCCc1cccc(OOC2CC3CC(C2C)C3(C)C)c1N1C(=O)C(C)=C(C)C1=O. The van der Waals surface area contributed by atoms with Gasteiger partial charge in [0.25, 0.3) is 11.8 Å². The Morgan fingerprint density at radius 2 is 1.78 bits per heavy atom. The molecule has 6 nitrogen and oxygen atoms in total. The van der Waals surface area contributed by atoms with Crippen molar-refractivity contribution in [2.75, 3.05) is 18.6 Å². The van der Waals surface area contributed by atoms with Crippen molar-refractivity contribution < 1.29 is 24.1 Å². The van der Waals surface area contributed by atoms with E-state index >= 15 is 0 Å². The number of rotatable bonds is 8. The van der Waals surface area contributed by atoms with Crippen LogP contribution >= 0.6 is 0 Å². The van der Waals surface area contributed by atoms with Crippen molar-refractivity contribution in [1.29, 1.82) is 0 Å². The maximum atomic E-state index is 13.0. The van der Waals surface area contributed by atoms with Crippen molar-refractivity contribution in [3.63, 3.8) is 0 Å². The van der Waals surface area contributed by atoms with E-state index in [4.69, 9.17) is 14.5 Å². The average Bonchev–Trinajstić information content (AvgIpc) is 2.95. The van der Waals surface area contributed by atoms with Crippen LogP contribution in [-0.2, 0) is 25.6 Å². The highest BCUT2D eigenvalue weighted by Gasteiger charge is 2.57. The first-order valence-corrected chi connectivity index (χ1v) is 11.7. The van der Waals surface area contributed by atoms with Crippen molar-refractivity contribution in [2.24, 2.45) is 23.2 Å². The smallest absolute Gasteiger partial charge is 0.261 e. The van der Waals surface area contributed by atoms with Crippen molar-refractivity contribution in [3.05, 3.63) is 34.9 Å². The normalized spacial score (nSPS) is 28.9. The van der Waals surface area contributed by atoms with Gasteiger partial charge in [-0.05, 0) is 74.3 Å². The molecule has 1 aromatic rings. The Balaban J connectivity index is 1.59. The highest BCUT2D eigenvalue weighted by atomic mass is 17.2. The van der Waals surface area contributed by atoms with Crippen molar-refractivity contribution in [1.82, 2.24) is 0 Å². The van der Waals surface area contributed by atoms with E-state index in [9.17, 15) is 9.59 Å². The standard InChI is InChI=1S/C26H35NO5/c1-15-16(2)25(29)27(24(15)28)23-18(10-8-12-30-6)9-7-11-21(23)31-32-22-14-19-13-20(17(22)3)26(19,4)5/h7,9,11,17,19-20,22H,8,10,12-14H2,1-6H3. The molecule has 0 spiro atoms. The largest absolute Gasteiger partial charge is 0.385 e. The maximum absolute atomic E-state index is 13.0. The fraction of sp³-hybridized carbons (Fsp3) is 0.615. The molecular formula is C26H35NO5. The fourth-order valence-electron chi connectivity index (χ4n) is 5.79. The third-order valence-corrected chi connectivity index (χ3v) is 8.26. The molecule has 5 rings (SSSR count). The highest BCUT2D eigenvalue weighted by Crippen LogP contribution is 2.61. The van der Waals surface area contributed by atoms with Crippen LogP contribution in [0.15, 0.2) is 29.3 Å². The predicted octanol–water partition coefficient (Wildman–Crippen LogP) is 4.86. The minimum atomic E-state index is -0.300. The van der Waals surface area contributed by atoms with Crippen LogP contribution in [0.2, 0.25) is 0 Å². The van der Waals surface area contributed by atoms with E-state index in [2.05, 4.69) is 20.8 Å². The van der Waals surface area contributed by atoms with Crippen LogP contribution in [0, 0.1) is 23.2 Å². The third-order valence-electron chi connectivity index (χ3n) is 8.26. The lowest BCUT2D eigenvalue weighted by Crippen LogP contribution is -2.57. The number of ether oxygens (including phenoxy) is 1. The van der Waals surface area contributed by atoms with Gasteiger partial charge in [-0.1, -0.05) is 32.9 Å². The zero-order chi connectivity index (χ0) is 23.2. The van der Waals surface area contributed by atoms with E-state index in [0.29, 0.717) is 58.8 Å². The van der Waals surface area contributed by atoms with Gasteiger partial charge in [0.15, 0.2) is 5.75 Å². The number of methoxy groups -OCH3 is 1. The number of hydrogen-bond donors (Lipinski definition) is 0. The van der Waals surface area contributed by atoms with Crippen molar-refractivity contribution in [3.8, 4) is 5.75 Å². The van der Waals surface area contributed by atoms with Gasteiger partial charge in [0, 0.05) is 24.9 Å². The van der Waals surface area contributed by atoms with E-state index in [0.717, 1.165) is 18.4 Å². The number of aryl methyl sites for hydroxylation is 1. The summed E-state index contributed by atoms with van der Waals surface area (Å²) < 4.78 is 5.19. The molecule has 0 aromatic heterocycles. The summed E-state index contributed by atoms with van der Waals surface area (Å²) in [5.41, 5.74) is 2.66. The molecule has 4 atom stereocenters. The number of nitrogens with zero attached hydrogens (tertiary/aromatic N) is 1.